The van der Waals surface area contributed by atoms with Crippen LogP contribution in [-0.4, -0.2) is 11.8 Å². The molecule has 2 amide bonds. The highest BCUT2D eigenvalue weighted by atomic mass is 35.5. The van der Waals surface area contributed by atoms with Gasteiger partial charge in [-0.05, 0) is 79.9 Å². The molecule has 4 aliphatic carbocycles. The Morgan fingerprint density at radius 2 is 1.67 bits per heavy atom. The molecule has 0 aliphatic heterocycles. The van der Waals surface area contributed by atoms with Crippen molar-refractivity contribution in [2.24, 2.45) is 23.2 Å². The van der Waals surface area contributed by atoms with Crippen molar-refractivity contribution in [3.63, 3.8) is 0 Å². The monoisotopic (exact) mass is 346 g/mol. The number of hydrogen-bond acceptors (Lipinski definition) is 2. The predicted octanol–water partition coefficient (Wildman–Crippen LogP) is 3.71. The molecule has 2 N–H and O–H groups in total. The van der Waals surface area contributed by atoms with Crippen LogP contribution in [0, 0.1) is 23.2 Å². The van der Waals surface area contributed by atoms with Crippen molar-refractivity contribution in [2.75, 3.05) is 0 Å². The van der Waals surface area contributed by atoms with Gasteiger partial charge in [-0.2, -0.15) is 0 Å². The molecule has 4 saturated carbocycles. The van der Waals surface area contributed by atoms with Gasteiger partial charge in [-0.25, -0.2) is 0 Å². The van der Waals surface area contributed by atoms with E-state index in [9.17, 15) is 9.59 Å². The number of hydrogen-bond donors (Lipinski definition) is 2. The van der Waals surface area contributed by atoms with E-state index in [1.54, 1.807) is 24.3 Å². The van der Waals surface area contributed by atoms with Crippen LogP contribution in [0.3, 0.4) is 0 Å². The molecule has 0 saturated heterocycles. The Bertz CT molecular complexity index is 638. The molecule has 0 heterocycles. The van der Waals surface area contributed by atoms with Gasteiger partial charge in [-0.1, -0.05) is 17.7 Å². The topological polar surface area (TPSA) is 58.2 Å². The van der Waals surface area contributed by atoms with E-state index in [4.69, 9.17) is 11.6 Å². The minimum atomic E-state index is -0.337. The van der Waals surface area contributed by atoms with Crippen LogP contribution >= 0.6 is 11.6 Å². The highest BCUT2D eigenvalue weighted by molar-refractivity contribution is 6.30. The van der Waals surface area contributed by atoms with Gasteiger partial charge in [0, 0.05) is 17.0 Å². The lowest BCUT2D eigenvalue weighted by Gasteiger charge is -2.56. The first-order valence-corrected chi connectivity index (χ1v) is 9.24. The summed E-state index contributed by atoms with van der Waals surface area (Å²) in [6, 6.07) is 6.69. The normalized spacial score (nSPS) is 33.3. The second kappa shape index (κ2) is 6.07. The maximum atomic E-state index is 12.4. The molecule has 4 bridgehead atoms. The molecular formula is C19H23ClN2O2. The van der Waals surface area contributed by atoms with Crippen molar-refractivity contribution in [1.29, 1.82) is 0 Å². The average Bonchev–Trinajstić information content (AvgIpc) is 2.50. The van der Waals surface area contributed by atoms with Crippen molar-refractivity contribution >= 4 is 23.4 Å². The molecule has 1 aromatic rings. The van der Waals surface area contributed by atoms with E-state index in [1.165, 1.54) is 38.5 Å². The number of halogens is 1. The van der Waals surface area contributed by atoms with Crippen LogP contribution in [-0.2, 0) is 4.79 Å². The summed E-state index contributed by atoms with van der Waals surface area (Å²) in [5.74, 6) is 2.06. The third-order valence-corrected chi connectivity index (χ3v) is 6.34. The second-order valence-electron chi connectivity index (χ2n) is 8.11. The standard InChI is InChI=1S/C19H23ClN2O2/c20-16-3-1-2-15(7-16)18(24)22-21-17(23)11-19-8-12-4-13(9-19)6-14(5-12)10-19/h1-3,7,12-14H,4-6,8-11H2,(H,21,23)(H,22,24). The van der Waals surface area contributed by atoms with Gasteiger partial charge < -0.3 is 0 Å². The van der Waals surface area contributed by atoms with Crippen LogP contribution in [0.1, 0.15) is 55.3 Å². The van der Waals surface area contributed by atoms with E-state index in [2.05, 4.69) is 10.9 Å². The second-order valence-corrected chi connectivity index (χ2v) is 8.54. The first kappa shape index (κ1) is 15.9. The molecule has 1 aromatic carbocycles. The summed E-state index contributed by atoms with van der Waals surface area (Å²) in [5.41, 5.74) is 5.73. The lowest BCUT2D eigenvalue weighted by Crippen LogP contribution is -2.50. The Morgan fingerprint density at radius 1 is 1.04 bits per heavy atom. The minimum absolute atomic E-state index is 0.0765. The van der Waals surface area contributed by atoms with E-state index in [1.807, 2.05) is 0 Å². The van der Waals surface area contributed by atoms with Crippen LogP contribution < -0.4 is 10.9 Å². The number of carbonyl (C=O) groups is 2. The van der Waals surface area contributed by atoms with Crippen molar-refractivity contribution in [2.45, 2.75) is 44.9 Å². The van der Waals surface area contributed by atoms with Crippen molar-refractivity contribution in [3.05, 3.63) is 34.9 Å². The number of hydrazine groups is 1. The fraction of sp³-hybridized carbons (Fsp3) is 0.579. The number of rotatable bonds is 3. The van der Waals surface area contributed by atoms with Gasteiger partial charge in [-0.15, -0.1) is 0 Å². The number of amides is 2. The van der Waals surface area contributed by atoms with Crippen LogP contribution in [0.5, 0.6) is 0 Å². The fourth-order valence-corrected chi connectivity index (χ4v) is 5.91. The van der Waals surface area contributed by atoms with E-state index in [-0.39, 0.29) is 17.2 Å². The van der Waals surface area contributed by atoms with Crippen molar-refractivity contribution in [1.82, 2.24) is 10.9 Å². The van der Waals surface area contributed by atoms with Crippen molar-refractivity contribution in [3.8, 4) is 0 Å². The SMILES string of the molecule is O=C(CC12CC3CC(CC(C3)C1)C2)NNC(=O)c1cccc(Cl)c1. The summed E-state index contributed by atoms with van der Waals surface area (Å²) in [6.07, 6.45) is 8.20. The molecule has 0 unspecified atom stereocenters. The lowest BCUT2D eigenvalue weighted by molar-refractivity contribution is -0.130. The van der Waals surface area contributed by atoms with Crippen LogP contribution in [0.4, 0.5) is 0 Å². The zero-order valence-electron chi connectivity index (χ0n) is 13.7. The van der Waals surface area contributed by atoms with Gasteiger partial charge in [0.15, 0.2) is 0 Å². The Morgan fingerprint density at radius 3 is 2.25 bits per heavy atom. The number of benzene rings is 1. The van der Waals surface area contributed by atoms with Crippen LogP contribution in [0.25, 0.3) is 0 Å². The third kappa shape index (κ3) is 3.16. The first-order valence-electron chi connectivity index (χ1n) is 8.86. The summed E-state index contributed by atoms with van der Waals surface area (Å²) < 4.78 is 0. The summed E-state index contributed by atoms with van der Waals surface area (Å²) in [4.78, 5) is 24.5. The first-order chi connectivity index (χ1) is 11.5. The van der Waals surface area contributed by atoms with Crippen LogP contribution in [0.2, 0.25) is 5.02 Å². The van der Waals surface area contributed by atoms with Crippen molar-refractivity contribution < 1.29 is 9.59 Å². The highest BCUT2D eigenvalue weighted by Crippen LogP contribution is 2.61. The minimum Gasteiger partial charge on any atom is -0.273 e. The smallest absolute Gasteiger partial charge is 0.269 e. The van der Waals surface area contributed by atoms with Gasteiger partial charge in [-0.3, -0.25) is 20.4 Å². The van der Waals surface area contributed by atoms with Crippen LogP contribution in [0.15, 0.2) is 24.3 Å². The Kier molecular flexibility index (Phi) is 4.03. The number of nitrogens with one attached hydrogen (secondary N) is 2. The maximum Gasteiger partial charge on any atom is 0.269 e. The van der Waals surface area contributed by atoms with E-state index in [0.717, 1.165) is 17.8 Å². The highest BCUT2D eigenvalue weighted by Gasteiger charge is 2.51. The van der Waals surface area contributed by atoms with Gasteiger partial charge in [0.2, 0.25) is 5.91 Å². The molecule has 4 fully saturated rings. The molecule has 0 spiro atoms. The largest absolute Gasteiger partial charge is 0.273 e. The molecule has 4 aliphatic rings. The molecule has 5 heteroatoms. The Balaban J connectivity index is 1.33. The summed E-state index contributed by atoms with van der Waals surface area (Å²) in [6.45, 7) is 0. The zero-order chi connectivity index (χ0) is 16.7. The lowest BCUT2D eigenvalue weighted by atomic mass is 9.49. The number of carbonyl (C=O) groups excluding carboxylic acids is 2. The molecule has 24 heavy (non-hydrogen) atoms. The third-order valence-electron chi connectivity index (χ3n) is 6.10. The van der Waals surface area contributed by atoms with Gasteiger partial charge in [0.05, 0.1) is 0 Å². The van der Waals surface area contributed by atoms with Gasteiger partial charge >= 0.3 is 0 Å². The zero-order valence-corrected chi connectivity index (χ0v) is 14.4. The molecule has 0 atom stereocenters. The maximum absolute atomic E-state index is 12.4. The molecule has 0 aromatic heterocycles. The molecular weight excluding hydrogens is 324 g/mol. The molecule has 128 valence electrons. The van der Waals surface area contributed by atoms with Gasteiger partial charge in [0.25, 0.3) is 5.91 Å². The predicted molar refractivity (Wildman–Crippen MR) is 92.3 cm³/mol. The van der Waals surface area contributed by atoms with E-state index >= 15 is 0 Å². The average molecular weight is 347 g/mol. The molecule has 4 nitrogen and oxygen atoms in total. The molecule has 5 rings (SSSR count). The Labute approximate surface area is 147 Å². The quantitative estimate of drug-likeness (QED) is 0.820. The Hall–Kier alpha value is -1.55. The molecule has 0 radical (unpaired) electrons. The summed E-state index contributed by atoms with van der Waals surface area (Å²) >= 11 is 5.89. The van der Waals surface area contributed by atoms with Gasteiger partial charge in [0.1, 0.15) is 0 Å². The van der Waals surface area contributed by atoms with E-state index in [0.29, 0.717) is 17.0 Å². The van der Waals surface area contributed by atoms with E-state index < -0.39 is 0 Å². The summed E-state index contributed by atoms with van der Waals surface area (Å²) in [7, 11) is 0. The summed E-state index contributed by atoms with van der Waals surface area (Å²) in [5, 5.41) is 0.502. The fourth-order valence-electron chi connectivity index (χ4n) is 5.72.